The number of halogens is 1. The van der Waals surface area contributed by atoms with E-state index in [4.69, 9.17) is 5.73 Å². The van der Waals surface area contributed by atoms with E-state index in [-0.39, 0.29) is 12.4 Å². The van der Waals surface area contributed by atoms with Crippen molar-refractivity contribution in [3.8, 4) is 0 Å². The van der Waals surface area contributed by atoms with Gasteiger partial charge in [-0.3, -0.25) is 9.80 Å². The van der Waals surface area contributed by atoms with Crippen molar-refractivity contribution in [2.45, 2.75) is 13.5 Å². The first-order valence-corrected chi connectivity index (χ1v) is 6.49. The SMILES string of the molecule is Cc1ccccc1CN1CCN(CCN)CC1.Cl. The van der Waals surface area contributed by atoms with Crippen LogP contribution in [0.4, 0.5) is 0 Å². The van der Waals surface area contributed by atoms with Crippen LogP contribution in [0.25, 0.3) is 0 Å². The molecule has 0 amide bonds. The maximum Gasteiger partial charge on any atom is 0.0237 e. The first-order valence-electron chi connectivity index (χ1n) is 6.49. The lowest BCUT2D eigenvalue weighted by Crippen LogP contribution is -2.47. The molecule has 0 aromatic heterocycles. The first-order chi connectivity index (χ1) is 8.29. The molecule has 1 saturated heterocycles. The highest BCUT2D eigenvalue weighted by Gasteiger charge is 2.16. The Morgan fingerprint density at radius 1 is 1.06 bits per heavy atom. The van der Waals surface area contributed by atoms with Crippen LogP contribution in [0, 0.1) is 6.92 Å². The third kappa shape index (κ3) is 4.25. The van der Waals surface area contributed by atoms with Gasteiger partial charge in [0.2, 0.25) is 0 Å². The Morgan fingerprint density at radius 2 is 1.67 bits per heavy atom. The van der Waals surface area contributed by atoms with Gasteiger partial charge in [-0.25, -0.2) is 0 Å². The number of aryl methyl sites for hydroxylation is 1. The lowest BCUT2D eigenvalue weighted by Gasteiger charge is -2.34. The second-order valence-electron chi connectivity index (χ2n) is 4.83. The second kappa shape index (κ2) is 7.74. The topological polar surface area (TPSA) is 32.5 Å². The van der Waals surface area contributed by atoms with Crippen molar-refractivity contribution in [1.29, 1.82) is 0 Å². The molecule has 1 aliphatic rings. The van der Waals surface area contributed by atoms with Crippen molar-refractivity contribution in [1.82, 2.24) is 9.80 Å². The fourth-order valence-corrected chi connectivity index (χ4v) is 2.38. The molecule has 0 aliphatic carbocycles. The van der Waals surface area contributed by atoms with Gasteiger partial charge in [0.25, 0.3) is 0 Å². The van der Waals surface area contributed by atoms with E-state index in [1.165, 1.54) is 11.1 Å². The summed E-state index contributed by atoms with van der Waals surface area (Å²) in [4.78, 5) is 4.99. The van der Waals surface area contributed by atoms with Crippen LogP contribution in [-0.4, -0.2) is 49.1 Å². The highest BCUT2D eigenvalue weighted by Crippen LogP contribution is 2.12. The summed E-state index contributed by atoms with van der Waals surface area (Å²) in [6.07, 6.45) is 0. The summed E-state index contributed by atoms with van der Waals surface area (Å²) in [5.41, 5.74) is 8.44. The summed E-state index contributed by atoms with van der Waals surface area (Å²) in [6.45, 7) is 9.73. The smallest absolute Gasteiger partial charge is 0.0237 e. The van der Waals surface area contributed by atoms with Crippen LogP contribution >= 0.6 is 12.4 Å². The average Bonchev–Trinajstić information content (AvgIpc) is 2.35. The average molecular weight is 270 g/mol. The van der Waals surface area contributed by atoms with Gasteiger partial charge in [-0.2, -0.15) is 0 Å². The van der Waals surface area contributed by atoms with E-state index in [1.54, 1.807) is 0 Å². The standard InChI is InChI=1S/C14H23N3.ClH/c1-13-4-2-3-5-14(13)12-17-10-8-16(7-6-15)9-11-17;/h2-5H,6-12,15H2,1H3;1H. The van der Waals surface area contributed by atoms with Crippen LogP contribution < -0.4 is 5.73 Å². The van der Waals surface area contributed by atoms with Gasteiger partial charge in [-0.05, 0) is 18.1 Å². The van der Waals surface area contributed by atoms with E-state index in [0.29, 0.717) is 0 Å². The van der Waals surface area contributed by atoms with Crippen molar-refractivity contribution < 1.29 is 0 Å². The molecule has 18 heavy (non-hydrogen) atoms. The molecule has 2 rings (SSSR count). The Balaban J connectivity index is 0.00000162. The molecule has 1 fully saturated rings. The van der Waals surface area contributed by atoms with E-state index in [1.807, 2.05) is 0 Å². The minimum absolute atomic E-state index is 0. The summed E-state index contributed by atoms with van der Waals surface area (Å²) in [7, 11) is 0. The van der Waals surface area contributed by atoms with Gasteiger partial charge in [0.05, 0.1) is 0 Å². The molecule has 1 aliphatic heterocycles. The molecule has 1 aromatic rings. The third-order valence-corrected chi connectivity index (χ3v) is 3.57. The lowest BCUT2D eigenvalue weighted by molar-refractivity contribution is 0.129. The van der Waals surface area contributed by atoms with Gasteiger partial charge in [-0.1, -0.05) is 24.3 Å². The molecule has 1 heterocycles. The minimum Gasteiger partial charge on any atom is -0.329 e. The van der Waals surface area contributed by atoms with Crippen molar-refractivity contribution >= 4 is 12.4 Å². The number of hydrogen-bond donors (Lipinski definition) is 1. The van der Waals surface area contributed by atoms with Crippen LogP contribution in [0.1, 0.15) is 11.1 Å². The molecule has 3 nitrogen and oxygen atoms in total. The molecule has 0 saturated carbocycles. The number of benzene rings is 1. The van der Waals surface area contributed by atoms with Gasteiger partial charge in [-0.15, -0.1) is 12.4 Å². The molecule has 0 spiro atoms. The number of rotatable bonds is 4. The van der Waals surface area contributed by atoms with E-state index in [0.717, 1.165) is 45.8 Å². The summed E-state index contributed by atoms with van der Waals surface area (Å²) >= 11 is 0. The summed E-state index contributed by atoms with van der Waals surface area (Å²) in [6, 6.07) is 8.67. The zero-order chi connectivity index (χ0) is 12.1. The monoisotopic (exact) mass is 269 g/mol. The van der Waals surface area contributed by atoms with Gasteiger partial charge in [0, 0.05) is 45.8 Å². The van der Waals surface area contributed by atoms with Crippen LogP contribution in [-0.2, 0) is 6.54 Å². The molecular weight excluding hydrogens is 246 g/mol. The van der Waals surface area contributed by atoms with Crippen LogP contribution in [0.3, 0.4) is 0 Å². The van der Waals surface area contributed by atoms with Crippen molar-refractivity contribution in [3.05, 3.63) is 35.4 Å². The Kier molecular flexibility index (Phi) is 6.65. The molecule has 1 aromatic carbocycles. The number of piperazine rings is 1. The van der Waals surface area contributed by atoms with E-state index in [2.05, 4.69) is 41.0 Å². The highest BCUT2D eigenvalue weighted by atomic mass is 35.5. The molecule has 0 unspecified atom stereocenters. The maximum atomic E-state index is 5.58. The van der Waals surface area contributed by atoms with E-state index < -0.39 is 0 Å². The third-order valence-electron chi connectivity index (χ3n) is 3.57. The van der Waals surface area contributed by atoms with E-state index in [9.17, 15) is 0 Å². The zero-order valence-corrected chi connectivity index (χ0v) is 12.0. The summed E-state index contributed by atoms with van der Waals surface area (Å²) in [5.74, 6) is 0. The van der Waals surface area contributed by atoms with Crippen molar-refractivity contribution in [3.63, 3.8) is 0 Å². The normalized spacial score (nSPS) is 17.4. The lowest BCUT2D eigenvalue weighted by atomic mass is 10.1. The highest BCUT2D eigenvalue weighted by molar-refractivity contribution is 5.85. The number of nitrogens with two attached hydrogens (primary N) is 1. The predicted molar refractivity (Wildman–Crippen MR) is 79.2 cm³/mol. The van der Waals surface area contributed by atoms with E-state index >= 15 is 0 Å². The Bertz CT molecular complexity index is 349. The predicted octanol–water partition coefficient (Wildman–Crippen LogP) is 1.49. The fraction of sp³-hybridized carbons (Fsp3) is 0.571. The number of nitrogens with zero attached hydrogens (tertiary/aromatic N) is 2. The molecule has 0 radical (unpaired) electrons. The van der Waals surface area contributed by atoms with Crippen LogP contribution in [0.15, 0.2) is 24.3 Å². The van der Waals surface area contributed by atoms with Gasteiger partial charge in [0.15, 0.2) is 0 Å². The van der Waals surface area contributed by atoms with Crippen LogP contribution in [0.5, 0.6) is 0 Å². The molecule has 4 heteroatoms. The Morgan fingerprint density at radius 3 is 2.28 bits per heavy atom. The Labute approximate surface area is 116 Å². The first kappa shape index (κ1) is 15.4. The number of hydrogen-bond acceptors (Lipinski definition) is 3. The molecule has 2 N–H and O–H groups in total. The van der Waals surface area contributed by atoms with Crippen molar-refractivity contribution in [2.75, 3.05) is 39.3 Å². The second-order valence-corrected chi connectivity index (χ2v) is 4.83. The largest absolute Gasteiger partial charge is 0.329 e. The van der Waals surface area contributed by atoms with Gasteiger partial charge < -0.3 is 5.73 Å². The quantitative estimate of drug-likeness (QED) is 0.899. The van der Waals surface area contributed by atoms with Gasteiger partial charge >= 0.3 is 0 Å². The summed E-state index contributed by atoms with van der Waals surface area (Å²) in [5, 5.41) is 0. The minimum atomic E-state index is 0. The fourth-order valence-electron chi connectivity index (χ4n) is 2.38. The maximum absolute atomic E-state index is 5.58. The zero-order valence-electron chi connectivity index (χ0n) is 11.1. The molecule has 102 valence electrons. The summed E-state index contributed by atoms with van der Waals surface area (Å²) < 4.78 is 0. The molecule has 0 atom stereocenters. The van der Waals surface area contributed by atoms with Gasteiger partial charge in [0.1, 0.15) is 0 Å². The van der Waals surface area contributed by atoms with Crippen molar-refractivity contribution in [2.24, 2.45) is 5.73 Å². The Hall–Kier alpha value is -0.610. The molecular formula is C14H24ClN3. The van der Waals surface area contributed by atoms with Crippen LogP contribution in [0.2, 0.25) is 0 Å². The molecule has 0 bridgehead atoms.